The maximum atomic E-state index is 5.73. The molecule has 0 fully saturated rings. The normalized spacial score (nSPS) is 9.11. The summed E-state index contributed by atoms with van der Waals surface area (Å²) in [5, 5.41) is 4.65. The van der Waals surface area contributed by atoms with E-state index in [1.54, 1.807) is 7.05 Å². The molecular weight excluding hydrogens is 134 g/mol. The van der Waals surface area contributed by atoms with Crippen LogP contribution in [0.2, 0.25) is 5.02 Å². The zero-order valence-electron chi connectivity index (χ0n) is 5.13. The lowest BCUT2D eigenvalue weighted by Gasteiger charge is -1.96. The minimum Gasteiger partial charge on any atom is -0.287 e. The molecule has 0 atom stereocenters. The minimum atomic E-state index is 0.708. The van der Waals surface area contributed by atoms with E-state index >= 15 is 0 Å². The fourth-order valence-electron chi connectivity index (χ4n) is 0.633. The third-order valence-corrected chi connectivity index (χ3v) is 1.41. The van der Waals surface area contributed by atoms with Crippen molar-refractivity contribution in [3.05, 3.63) is 29.3 Å². The van der Waals surface area contributed by atoms with Gasteiger partial charge in [0.25, 0.3) is 0 Å². The second kappa shape index (κ2) is 2.74. The van der Waals surface area contributed by atoms with Gasteiger partial charge in [-0.3, -0.25) is 5.32 Å². The van der Waals surface area contributed by atoms with Crippen LogP contribution in [0.3, 0.4) is 0 Å². The van der Waals surface area contributed by atoms with Gasteiger partial charge in [0.2, 0.25) is 0 Å². The first kappa shape index (κ1) is 6.43. The average molecular weight is 141 g/mol. The molecule has 0 heterocycles. The first-order valence-electron chi connectivity index (χ1n) is 2.69. The maximum Gasteiger partial charge on any atom is 0.0757 e. The van der Waals surface area contributed by atoms with Crippen LogP contribution in [0.25, 0.3) is 0 Å². The highest BCUT2D eigenvalue weighted by Gasteiger charge is 1.92. The number of para-hydroxylation sites is 1. The van der Waals surface area contributed by atoms with Crippen molar-refractivity contribution >= 4 is 17.3 Å². The third kappa shape index (κ3) is 1.36. The predicted molar refractivity (Wildman–Crippen MR) is 39.2 cm³/mol. The quantitative estimate of drug-likeness (QED) is 0.568. The summed E-state index contributed by atoms with van der Waals surface area (Å²) in [5.74, 6) is 0. The Kier molecular flexibility index (Phi) is 1.96. The molecule has 0 aliphatic carbocycles. The summed E-state index contributed by atoms with van der Waals surface area (Å²) in [5.41, 5.74) is 0.846. The Balaban J connectivity index is 3.01. The molecule has 0 amide bonds. The van der Waals surface area contributed by atoms with E-state index in [4.69, 9.17) is 11.6 Å². The first-order valence-corrected chi connectivity index (χ1v) is 3.07. The lowest BCUT2D eigenvalue weighted by molar-refractivity contribution is 1.09. The summed E-state index contributed by atoms with van der Waals surface area (Å²) in [6, 6.07) is 7.50. The highest BCUT2D eigenvalue weighted by molar-refractivity contribution is 6.32. The SMILES string of the molecule is C[N]c1ccccc1Cl. The van der Waals surface area contributed by atoms with E-state index in [0.29, 0.717) is 5.02 Å². The summed E-state index contributed by atoms with van der Waals surface area (Å²) < 4.78 is 0. The minimum absolute atomic E-state index is 0.708. The molecule has 9 heavy (non-hydrogen) atoms. The lowest BCUT2D eigenvalue weighted by Crippen LogP contribution is -1.85. The van der Waals surface area contributed by atoms with Crippen molar-refractivity contribution in [2.75, 3.05) is 7.05 Å². The number of halogens is 1. The summed E-state index contributed by atoms with van der Waals surface area (Å²) >= 11 is 5.73. The van der Waals surface area contributed by atoms with Crippen LogP contribution in [-0.2, 0) is 0 Å². The van der Waals surface area contributed by atoms with Crippen LogP contribution < -0.4 is 5.32 Å². The molecule has 0 unspecified atom stereocenters. The van der Waals surface area contributed by atoms with Crippen molar-refractivity contribution in [3.8, 4) is 0 Å². The third-order valence-electron chi connectivity index (χ3n) is 1.09. The molecule has 0 aromatic heterocycles. The van der Waals surface area contributed by atoms with Crippen LogP contribution >= 0.6 is 11.6 Å². The summed E-state index contributed by atoms with van der Waals surface area (Å²) in [4.78, 5) is 0. The van der Waals surface area contributed by atoms with Crippen LogP contribution in [0, 0.1) is 0 Å². The second-order valence-corrected chi connectivity index (χ2v) is 2.08. The first-order chi connectivity index (χ1) is 4.34. The highest BCUT2D eigenvalue weighted by Crippen LogP contribution is 2.19. The molecule has 0 saturated carbocycles. The molecule has 1 rings (SSSR count). The Bertz CT molecular complexity index is 198. The molecule has 0 spiro atoms. The van der Waals surface area contributed by atoms with Crippen molar-refractivity contribution < 1.29 is 0 Å². The molecule has 0 bridgehead atoms. The molecule has 1 radical (unpaired) electrons. The van der Waals surface area contributed by atoms with Crippen molar-refractivity contribution in [1.29, 1.82) is 0 Å². The molecule has 2 heteroatoms. The molecule has 0 aliphatic heterocycles. The molecule has 0 N–H and O–H groups in total. The van der Waals surface area contributed by atoms with Crippen molar-refractivity contribution in [2.45, 2.75) is 0 Å². The fourth-order valence-corrected chi connectivity index (χ4v) is 0.853. The summed E-state index contributed by atoms with van der Waals surface area (Å²) in [6.07, 6.45) is 0. The fraction of sp³-hybridized carbons (Fsp3) is 0.143. The van der Waals surface area contributed by atoms with Gasteiger partial charge in [0, 0.05) is 7.05 Å². The van der Waals surface area contributed by atoms with Crippen LogP contribution in [0.15, 0.2) is 24.3 Å². The zero-order valence-corrected chi connectivity index (χ0v) is 5.89. The number of hydrogen-bond acceptors (Lipinski definition) is 0. The van der Waals surface area contributed by atoms with Crippen molar-refractivity contribution in [2.24, 2.45) is 0 Å². The van der Waals surface area contributed by atoms with Gasteiger partial charge in [0.05, 0.1) is 10.7 Å². The molecule has 1 nitrogen and oxygen atoms in total. The summed E-state index contributed by atoms with van der Waals surface area (Å²) in [7, 11) is 1.72. The van der Waals surface area contributed by atoms with Gasteiger partial charge >= 0.3 is 0 Å². The number of rotatable bonds is 1. The van der Waals surface area contributed by atoms with Crippen LogP contribution in [0.5, 0.6) is 0 Å². The largest absolute Gasteiger partial charge is 0.287 e. The molecule has 0 aliphatic rings. The number of benzene rings is 1. The Morgan fingerprint density at radius 3 is 2.44 bits per heavy atom. The maximum absolute atomic E-state index is 5.73. The average Bonchev–Trinajstić information content (AvgIpc) is 1.89. The van der Waals surface area contributed by atoms with Gasteiger partial charge in [-0.15, -0.1) is 0 Å². The molecule has 0 saturated heterocycles. The van der Waals surface area contributed by atoms with E-state index in [-0.39, 0.29) is 0 Å². The van der Waals surface area contributed by atoms with Gasteiger partial charge in [-0.05, 0) is 12.1 Å². The molecule has 47 valence electrons. The van der Waals surface area contributed by atoms with Crippen molar-refractivity contribution in [3.63, 3.8) is 0 Å². The highest BCUT2D eigenvalue weighted by atomic mass is 35.5. The monoisotopic (exact) mass is 140 g/mol. The van der Waals surface area contributed by atoms with Crippen LogP contribution in [-0.4, -0.2) is 7.05 Å². The van der Waals surface area contributed by atoms with E-state index in [2.05, 4.69) is 5.32 Å². The number of nitrogens with zero attached hydrogens (tertiary/aromatic N) is 1. The van der Waals surface area contributed by atoms with Gasteiger partial charge in [-0.1, -0.05) is 23.7 Å². The zero-order chi connectivity index (χ0) is 6.69. The van der Waals surface area contributed by atoms with E-state index in [9.17, 15) is 0 Å². The lowest BCUT2D eigenvalue weighted by atomic mass is 10.3. The van der Waals surface area contributed by atoms with Gasteiger partial charge in [-0.25, -0.2) is 0 Å². The Hall–Kier alpha value is -0.690. The Labute approximate surface area is 59.6 Å². The van der Waals surface area contributed by atoms with E-state index in [0.717, 1.165) is 5.69 Å². The molecule has 1 aromatic rings. The van der Waals surface area contributed by atoms with Crippen LogP contribution in [0.1, 0.15) is 0 Å². The Morgan fingerprint density at radius 1 is 1.33 bits per heavy atom. The van der Waals surface area contributed by atoms with E-state index in [1.807, 2.05) is 24.3 Å². The number of hydrogen-bond donors (Lipinski definition) is 0. The van der Waals surface area contributed by atoms with E-state index in [1.165, 1.54) is 0 Å². The Morgan fingerprint density at radius 2 is 2.00 bits per heavy atom. The van der Waals surface area contributed by atoms with Gasteiger partial charge in [0.1, 0.15) is 0 Å². The predicted octanol–water partition coefficient (Wildman–Crippen LogP) is 2.21. The van der Waals surface area contributed by atoms with E-state index < -0.39 is 0 Å². The smallest absolute Gasteiger partial charge is 0.0757 e. The van der Waals surface area contributed by atoms with Gasteiger partial charge in [-0.2, -0.15) is 0 Å². The van der Waals surface area contributed by atoms with Crippen LogP contribution in [0.4, 0.5) is 5.69 Å². The van der Waals surface area contributed by atoms with Gasteiger partial charge < -0.3 is 0 Å². The second-order valence-electron chi connectivity index (χ2n) is 1.68. The topological polar surface area (TPSA) is 14.1 Å². The summed E-state index contributed by atoms with van der Waals surface area (Å²) in [6.45, 7) is 0. The van der Waals surface area contributed by atoms with Crippen molar-refractivity contribution in [1.82, 2.24) is 5.32 Å². The molecule has 1 aromatic carbocycles. The standard InChI is InChI=1S/C7H7ClN/c1-9-7-5-3-2-4-6(7)8/h2-5H,1H3. The molecular formula is C7H7ClN. The van der Waals surface area contributed by atoms with Gasteiger partial charge in [0.15, 0.2) is 0 Å².